The van der Waals surface area contributed by atoms with Crippen molar-refractivity contribution in [2.45, 2.75) is 0 Å². The van der Waals surface area contributed by atoms with E-state index in [-0.39, 0.29) is 18.6 Å². The summed E-state index contributed by atoms with van der Waals surface area (Å²) < 4.78 is 4.53. The first-order chi connectivity index (χ1) is 2.50. The van der Waals surface area contributed by atoms with Crippen molar-refractivity contribution in [1.82, 2.24) is 0 Å². The summed E-state index contributed by atoms with van der Waals surface area (Å²) in [4.78, 5) is 0. The summed E-state index contributed by atoms with van der Waals surface area (Å²) in [6.45, 7) is 0. The van der Waals surface area contributed by atoms with Crippen molar-refractivity contribution in [3.8, 4) is 0 Å². The monoisotopic (exact) mass is 118 g/mol. The molecule has 1 aromatic heterocycles. The van der Waals surface area contributed by atoms with Crippen LogP contribution in [0.1, 0.15) is 0 Å². The van der Waals surface area contributed by atoms with Gasteiger partial charge in [0.25, 0.3) is 0 Å². The van der Waals surface area contributed by atoms with Gasteiger partial charge in [-0.3, -0.25) is 0 Å². The molecule has 0 unspecified atom stereocenters. The predicted octanol–water partition coefficient (Wildman–Crippen LogP) is 1.08. The molecule has 31 valence electrons. The third kappa shape index (κ3) is 1.34. The minimum atomic E-state index is 0. The topological polar surface area (TPSA) is 13.1 Å². The van der Waals surface area contributed by atoms with Crippen LogP contribution in [0.3, 0.4) is 0 Å². The summed E-state index contributed by atoms with van der Waals surface area (Å²) in [6, 6.07) is 4.40. The van der Waals surface area contributed by atoms with Gasteiger partial charge in [0.2, 0.25) is 0 Å². The van der Waals surface area contributed by atoms with Gasteiger partial charge in [0.15, 0.2) is 0 Å². The van der Waals surface area contributed by atoms with Crippen molar-refractivity contribution in [1.29, 1.82) is 0 Å². The Bertz CT molecular complexity index is 64.0. The summed E-state index contributed by atoms with van der Waals surface area (Å²) in [5, 5.41) is 0. The van der Waals surface area contributed by atoms with Gasteiger partial charge in [0, 0.05) is 18.6 Å². The fourth-order valence-corrected chi connectivity index (χ4v) is 0.196. The number of furan rings is 1. The molecule has 0 aromatic carbocycles. The maximum Gasteiger partial charge on any atom is 0 e. The molecule has 6 heavy (non-hydrogen) atoms. The van der Waals surface area contributed by atoms with Gasteiger partial charge in [0.05, 0.1) is 0 Å². The third-order valence-electron chi connectivity index (χ3n) is 0.379. The maximum absolute atomic E-state index is 4.53. The Labute approximate surface area is 48.2 Å². The SMILES string of the molecule is [V].[c-]1ccoc1. The number of hydrogen-bond acceptors (Lipinski definition) is 1. The molecule has 0 fully saturated rings. The zero-order chi connectivity index (χ0) is 3.54. The Kier molecular flexibility index (Phi) is 3.00. The zero-order valence-corrected chi connectivity index (χ0v) is 4.48. The molecule has 0 aliphatic rings. The quantitative estimate of drug-likeness (QED) is 0.464. The Morgan fingerprint density at radius 1 is 1.50 bits per heavy atom. The first-order valence-electron chi connectivity index (χ1n) is 1.38. The molecule has 2 heteroatoms. The minimum absolute atomic E-state index is 0. The molecule has 0 aliphatic heterocycles. The van der Waals surface area contributed by atoms with Crippen LogP contribution in [0.2, 0.25) is 0 Å². The summed E-state index contributed by atoms with van der Waals surface area (Å²) in [5.74, 6) is 0. The molecule has 0 atom stereocenters. The average molecular weight is 118 g/mol. The third-order valence-corrected chi connectivity index (χ3v) is 0.379. The molecule has 1 aromatic rings. The first-order valence-corrected chi connectivity index (χ1v) is 1.38. The second-order valence-corrected chi connectivity index (χ2v) is 0.723. The summed E-state index contributed by atoms with van der Waals surface area (Å²) in [7, 11) is 0. The molecule has 1 rings (SSSR count). The van der Waals surface area contributed by atoms with Gasteiger partial charge in [-0.1, -0.05) is 6.26 Å². The van der Waals surface area contributed by atoms with Gasteiger partial charge in [-0.2, -0.15) is 6.07 Å². The fourth-order valence-electron chi connectivity index (χ4n) is 0.196. The van der Waals surface area contributed by atoms with Crippen molar-refractivity contribution in [2.24, 2.45) is 0 Å². The van der Waals surface area contributed by atoms with E-state index in [1.165, 1.54) is 6.26 Å². The molecule has 1 nitrogen and oxygen atoms in total. The van der Waals surface area contributed by atoms with Crippen LogP contribution < -0.4 is 0 Å². The molecular weight excluding hydrogens is 115 g/mol. The Hall–Kier alpha value is -0.136. The van der Waals surface area contributed by atoms with E-state index in [2.05, 4.69) is 10.5 Å². The van der Waals surface area contributed by atoms with Crippen LogP contribution in [-0.2, 0) is 18.6 Å². The van der Waals surface area contributed by atoms with Gasteiger partial charge in [0.1, 0.15) is 0 Å². The molecule has 0 N–H and O–H groups in total. The van der Waals surface area contributed by atoms with Gasteiger partial charge in [-0.05, 0) is 6.26 Å². The van der Waals surface area contributed by atoms with E-state index in [0.29, 0.717) is 0 Å². The summed E-state index contributed by atoms with van der Waals surface area (Å²) in [5.41, 5.74) is 0. The van der Waals surface area contributed by atoms with E-state index in [1.54, 1.807) is 12.3 Å². The maximum atomic E-state index is 4.53. The van der Waals surface area contributed by atoms with Crippen molar-refractivity contribution in [2.75, 3.05) is 0 Å². The second kappa shape index (κ2) is 3.07. The van der Waals surface area contributed by atoms with Crippen LogP contribution in [-0.4, -0.2) is 0 Å². The number of rotatable bonds is 0. The minimum Gasteiger partial charge on any atom is -0.576 e. The van der Waals surface area contributed by atoms with Gasteiger partial charge >= 0.3 is 0 Å². The zero-order valence-electron chi connectivity index (χ0n) is 3.09. The van der Waals surface area contributed by atoms with E-state index in [1.807, 2.05) is 0 Å². The van der Waals surface area contributed by atoms with Gasteiger partial charge in [-0.15, -0.1) is 0 Å². The van der Waals surface area contributed by atoms with E-state index >= 15 is 0 Å². The van der Waals surface area contributed by atoms with Gasteiger partial charge in [-0.25, -0.2) is 6.07 Å². The summed E-state index contributed by atoms with van der Waals surface area (Å²) >= 11 is 0. The van der Waals surface area contributed by atoms with Crippen LogP contribution in [0.4, 0.5) is 0 Å². The summed E-state index contributed by atoms with van der Waals surface area (Å²) in [6.07, 6.45) is 3.07. The van der Waals surface area contributed by atoms with Crippen LogP contribution in [0.5, 0.6) is 0 Å². The van der Waals surface area contributed by atoms with Crippen molar-refractivity contribution < 1.29 is 23.0 Å². The smallest absolute Gasteiger partial charge is 0 e. The van der Waals surface area contributed by atoms with E-state index < -0.39 is 0 Å². The average Bonchev–Trinajstić information content (AvgIpc) is 1.76. The van der Waals surface area contributed by atoms with Crippen molar-refractivity contribution in [3.63, 3.8) is 0 Å². The van der Waals surface area contributed by atoms with Crippen LogP contribution in [0, 0.1) is 6.07 Å². The van der Waals surface area contributed by atoms with E-state index in [9.17, 15) is 0 Å². The molecule has 1 heterocycles. The second-order valence-electron chi connectivity index (χ2n) is 0.723. The van der Waals surface area contributed by atoms with Crippen LogP contribution in [0.15, 0.2) is 23.0 Å². The largest absolute Gasteiger partial charge is 0.576 e. The molecule has 0 spiro atoms. The fraction of sp³-hybridized carbons (Fsp3) is 0. The van der Waals surface area contributed by atoms with E-state index in [4.69, 9.17) is 0 Å². The number of hydrogen-bond donors (Lipinski definition) is 0. The molecular formula is C4H3OV-. The van der Waals surface area contributed by atoms with Crippen molar-refractivity contribution in [3.05, 3.63) is 24.7 Å². The van der Waals surface area contributed by atoms with Gasteiger partial charge < -0.3 is 4.42 Å². The Morgan fingerprint density at radius 3 is 2.50 bits per heavy atom. The molecule has 0 saturated heterocycles. The molecule has 0 amide bonds. The first kappa shape index (κ1) is 5.86. The normalized spacial score (nSPS) is 6.67. The Balaban J connectivity index is 0.000000250. The Morgan fingerprint density at radius 2 is 2.33 bits per heavy atom. The van der Waals surface area contributed by atoms with Crippen molar-refractivity contribution >= 4 is 0 Å². The molecule has 0 bridgehead atoms. The molecule has 0 aliphatic carbocycles. The molecule has 1 radical (unpaired) electrons. The standard InChI is InChI=1S/C4H3O.V/c1-2-4-5-3-1;/h1,3-4H;/q-1;. The molecule has 0 saturated carbocycles. The van der Waals surface area contributed by atoms with Crippen LogP contribution >= 0.6 is 0 Å². The van der Waals surface area contributed by atoms with Crippen LogP contribution in [0.25, 0.3) is 0 Å². The predicted molar refractivity (Wildman–Crippen MR) is 17.5 cm³/mol. The van der Waals surface area contributed by atoms with E-state index in [0.717, 1.165) is 0 Å².